The second-order valence-corrected chi connectivity index (χ2v) is 44.0. The van der Waals surface area contributed by atoms with Gasteiger partial charge in [0.1, 0.15) is 0 Å². The number of carbonyl (C=O) groups excluding carboxylic acids is 1. The molecule has 12 aromatic rings. The third-order valence-corrected chi connectivity index (χ3v) is 35.4. The molecule has 30 rings (SSSR count). The summed E-state index contributed by atoms with van der Waals surface area (Å²) in [4.78, 5) is 38.5. The van der Waals surface area contributed by atoms with E-state index in [9.17, 15) is 15.0 Å². The molecule has 1 amide bonds. The van der Waals surface area contributed by atoms with Crippen molar-refractivity contribution in [2.24, 2.45) is 63.6 Å². The molecule has 12 bridgehead atoms. The van der Waals surface area contributed by atoms with Crippen molar-refractivity contribution in [3.63, 3.8) is 0 Å². The highest BCUT2D eigenvalue weighted by atomic mass is 32.1. The largest absolute Gasteiger partial charge is 0.392 e. The van der Waals surface area contributed by atoms with Crippen LogP contribution in [0.25, 0.3) is 66.0 Å². The van der Waals surface area contributed by atoms with Crippen LogP contribution in [0.3, 0.4) is 0 Å². The fourth-order valence-corrected chi connectivity index (χ4v) is 27.3. The molecule has 8 aromatic carbocycles. The van der Waals surface area contributed by atoms with Crippen LogP contribution in [0.2, 0.25) is 0 Å². The van der Waals surface area contributed by atoms with Crippen LogP contribution < -0.4 is 0 Å². The van der Waals surface area contributed by atoms with E-state index in [1.54, 1.807) is 0 Å². The highest BCUT2D eigenvalue weighted by Gasteiger charge is 2.49. The van der Waals surface area contributed by atoms with Gasteiger partial charge in [-0.15, -0.1) is 0 Å². The van der Waals surface area contributed by atoms with Crippen molar-refractivity contribution in [2.45, 2.75) is 226 Å². The molecule has 712 valence electrons. The number of aliphatic hydroxyl groups is 2. The second-order valence-electron chi connectivity index (χ2n) is 43.3. The lowest BCUT2D eigenvalue weighted by atomic mass is 9.65. The number of aromatic amines is 3. The van der Waals surface area contributed by atoms with Gasteiger partial charge in [0, 0.05) is 153 Å². The van der Waals surface area contributed by atoms with E-state index in [-0.39, 0.29) is 30.6 Å². The van der Waals surface area contributed by atoms with Gasteiger partial charge in [-0.25, -0.2) is 0 Å². The molecule has 18 aliphatic rings. The first-order valence-electron chi connectivity index (χ1n) is 52.6. The molecule has 18 unspecified atom stereocenters. The number of rotatable bonds is 25. The normalized spacial score (nSPS) is 28.8. The Kier molecular flexibility index (Phi) is 30.0. The van der Waals surface area contributed by atoms with Crippen LogP contribution in [0.4, 0.5) is 0 Å². The molecule has 0 radical (unpaired) electrons. The standard InChI is InChI=1S/C26H30N2.C25H28N2.C22H27NO.C17H20N2O2.C17H23N.C16H23NS/c1-3-26(2)17-19-13-14-24(26)28(18-19)16-15-22-21-11-7-8-12-23(21)27-25(22)20-9-5-4-6-10-20;1-3-25(2)15-18-13-14-23(25)27(16-18)17-21-20-11-7-8-12-22(20)26-24(21)19-9-5-4-6-10-19;1-2-19-12-17-5-8-22(19)23(14-17)10-9-16-3-6-21-13-18(15-24)4-7-20(21)11-16;20-16-9-11-5-6-15(16)19(17(11)21)8-7-12-10-18-14-4-2-1-3-13(12)14;1-2-16-12-15-8-9-17(16)18(13-15)11-10-14-6-4-3-5-7-14;1-3-16(2)10-14-4-5-15(16)17(11-14)8-6-13-7-9-18-12-13/h4-14,19,24,27H,3,15-18H2,1-2H3;4-14,18,23,26H,3,15-17H2,1-2H3;3-8,11,13,17,19,22,24H,2,9-10,12,14-15H2,1H3;1-4,10-11,15-16,18,20H,5-9H2;3-9,15-17H,2,10-13H2,1H3;4-5,7,9,12,14-15H,3,6,8,10-11H2,1-2H3. The Hall–Kier alpha value is -9.77. The van der Waals surface area contributed by atoms with E-state index in [4.69, 9.17) is 0 Å². The number of nitrogens with zero attached hydrogens (tertiary/aromatic N) is 6. The molecule has 16 heterocycles. The number of thiophene rings is 1. The van der Waals surface area contributed by atoms with Crippen molar-refractivity contribution >= 4 is 60.7 Å². The van der Waals surface area contributed by atoms with Crippen molar-refractivity contribution in [3.8, 4) is 22.5 Å². The van der Waals surface area contributed by atoms with Crippen LogP contribution in [0.15, 0.2) is 284 Å². The summed E-state index contributed by atoms with van der Waals surface area (Å²) in [5.74, 6) is 5.85. The predicted octanol–water partition coefficient (Wildman–Crippen LogP) is 25.8. The fraction of sp³-hybridized carbons (Fsp3) is 0.455. The number of para-hydroxylation sites is 3. The van der Waals surface area contributed by atoms with Crippen LogP contribution >= 0.6 is 11.3 Å². The maximum atomic E-state index is 12.4. The predicted molar refractivity (Wildman–Crippen MR) is 568 cm³/mol. The minimum absolute atomic E-state index is 0.0349. The number of hydrogen-bond acceptors (Lipinski definition) is 9. The molecular weight excluding hydrogens is 1680 g/mol. The first-order chi connectivity index (χ1) is 66.4. The number of fused-ring (bicyclic) bond motifs is 17. The Morgan fingerprint density at radius 2 is 0.868 bits per heavy atom. The number of hydrogen-bond donors (Lipinski definition) is 5. The van der Waals surface area contributed by atoms with Gasteiger partial charge in [0.2, 0.25) is 5.91 Å². The van der Waals surface area contributed by atoms with Crippen molar-refractivity contribution in [1.29, 1.82) is 0 Å². The zero-order valence-corrected chi connectivity index (χ0v) is 83.2. The molecule has 7 saturated heterocycles. The molecule has 18 atom stereocenters. The number of H-pyrrole nitrogens is 3. The van der Waals surface area contributed by atoms with Gasteiger partial charge in [-0.2, -0.15) is 11.3 Å². The maximum Gasteiger partial charge on any atom is 0.226 e. The van der Waals surface area contributed by atoms with Gasteiger partial charge in [-0.1, -0.05) is 305 Å². The zero-order chi connectivity index (χ0) is 93.4. The average Bonchev–Trinajstić information content (AvgIpc) is 1.70. The smallest absolute Gasteiger partial charge is 0.226 e. The average molecular weight is 1840 g/mol. The molecule has 4 aromatic heterocycles. The molecular formula is C123H151N9O3S. The quantitative estimate of drug-likeness (QED) is 0.0359. The summed E-state index contributed by atoms with van der Waals surface area (Å²) in [7, 11) is 0. The molecule has 136 heavy (non-hydrogen) atoms. The molecule has 1 saturated carbocycles. The Labute approximate surface area is 815 Å². The summed E-state index contributed by atoms with van der Waals surface area (Å²) in [6, 6.07) is 76.7. The number of amides is 1. The van der Waals surface area contributed by atoms with Crippen molar-refractivity contribution in [2.75, 3.05) is 65.4 Å². The van der Waals surface area contributed by atoms with Gasteiger partial charge >= 0.3 is 0 Å². The lowest BCUT2D eigenvalue weighted by molar-refractivity contribution is -0.156. The van der Waals surface area contributed by atoms with E-state index in [0.717, 1.165) is 98.3 Å². The molecule has 6 aliphatic carbocycles. The van der Waals surface area contributed by atoms with E-state index < -0.39 is 0 Å². The summed E-state index contributed by atoms with van der Waals surface area (Å²) in [6.45, 7) is 31.9. The molecule has 8 fully saturated rings. The fourth-order valence-electron chi connectivity index (χ4n) is 26.6. The Morgan fingerprint density at radius 1 is 0.412 bits per heavy atom. The number of piperidine rings is 7. The number of carbonyl (C=O) groups is 1. The zero-order valence-electron chi connectivity index (χ0n) is 82.4. The van der Waals surface area contributed by atoms with E-state index >= 15 is 0 Å². The summed E-state index contributed by atoms with van der Waals surface area (Å²) >= 11 is 1.81. The lowest BCUT2D eigenvalue weighted by Crippen LogP contribution is -2.59. The van der Waals surface area contributed by atoms with E-state index in [0.29, 0.717) is 65.3 Å². The molecule has 13 heteroatoms. The van der Waals surface area contributed by atoms with Gasteiger partial charge in [0.15, 0.2) is 0 Å². The Balaban J connectivity index is 0.000000105. The third kappa shape index (κ3) is 20.9. The minimum Gasteiger partial charge on any atom is -0.392 e. The summed E-state index contributed by atoms with van der Waals surface area (Å²) in [6.07, 6.45) is 47.7. The molecule has 12 aliphatic heterocycles. The first kappa shape index (κ1) is 95.2. The van der Waals surface area contributed by atoms with Crippen molar-refractivity contribution in [1.82, 2.24) is 44.4 Å². The van der Waals surface area contributed by atoms with Gasteiger partial charge < -0.3 is 30.1 Å². The van der Waals surface area contributed by atoms with E-state index in [1.165, 1.54) is 217 Å². The molecule has 5 N–H and O–H groups in total. The van der Waals surface area contributed by atoms with Crippen LogP contribution in [0.5, 0.6) is 0 Å². The Bertz CT molecular complexity index is 6120. The van der Waals surface area contributed by atoms with Gasteiger partial charge in [-0.05, 0) is 262 Å². The van der Waals surface area contributed by atoms with Gasteiger partial charge in [0.05, 0.1) is 24.4 Å². The lowest BCUT2D eigenvalue weighted by Gasteiger charge is -2.52. The topological polar surface area (TPSA) is 124 Å². The third-order valence-electron chi connectivity index (χ3n) is 34.7. The van der Waals surface area contributed by atoms with Crippen LogP contribution in [-0.4, -0.2) is 168 Å². The van der Waals surface area contributed by atoms with Gasteiger partial charge in [0.25, 0.3) is 0 Å². The minimum atomic E-state index is -0.329. The molecule has 0 spiro atoms. The maximum absolute atomic E-state index is 12.4. The molecule has 12 nitrogen and oxygen atoms in total. The summed E-state index contributed by atoms with van der Waals surface area (Å²) in [5, 5.41) is 30.3. The van der Waals surface area contributed by atoms with Crippen molar-refractivity contribution in [3.05, 3.63) is 323 Å². The highest BCUT2D eigenvalue weighted by molar-refractivity contribution is 7.08. The van der Waals surface area contributed by atoms with E-state index in [2.05, 4.69) is 354 Å². The SMILES string of the molecule is CCC1(C)CC2C=CC1N(CCc1c(-c3ccccc3)[nH]c3ccccc13)C2.CCC1(C)CC2C=CC1N(CCc1ccsc1)C2.CCC1(C)CC2C=CC1N(Cc1c(-c3ccccc3)[nH]c3ccccc13)C2.CCC1CC2C=CC1N(CCc1ccc3cc(CO)ccc3c1)C2.CCC1CC2C=CC1N(CCc1ccccc1)C2.O=C1C2CCC(C(O)C2)N1CCc1c[nH]c2ccccc12. The number of nitrogens with one attached hydrogen (secondary N) is 3. The van der Waals surface area contributed by atoms with Crippen LogP contribution in [0, 0.1) is 63.6 Å². The van der Waals surface area contributed by atoms with Crippen molar-refractivity contribution < 1.29 is 15.0 Å². The first-order valence-corrected chi connectivity index (χ1v) is 53.5. The second kappa shape index (κ2) is 42.9. The number of aromatic nitrogens is 3. The van der Waals surface area contributed by atoms with E-state index in [1.807, 2.05) is 40.6 Å². The monoisotopic (exact) mass is 1830 g/mol. The van der Waals surface area contributed by atoms with Gasteiger partial charge in [-0.3, -0.25) is 29.3 Å². The number of benzene rings is 8. The van der Waals surface area contributed by atoms with Crippen LogP contribution in [0.1, 0.15) is 178 Å². The Morgan fingerprint density at radius 3 is 1.39 bits per heavy atom. The summed E-state index contributed by atoms with van der Waals surface area (Å²) < 4.78 is 0. The summed E-state index contributed by atoms with van der Waals surface area (Å²) in [5.41, 5.74) is 19.6. The van der Waals surface area contributed by atoms with Crippen LogP contribution in [-0.2, 0) is 50.1 Å². The number of aliphatic hydroxyl groups excluding tert-OH is 2. The highest BCUT2D eigenvalue weighted by Crippen LogP contribution is 2.51.